The Balaban J connectivity index is 0.000000191. The van der Waals surface area contributed by atoms with Gasteiger partial charge < -0.3 is 20.4 Å². The first kappa shape index (κ1) is 16.9. The molecule has 4 heteroatoms. The van der Waals surface area contributed by atoms with Gasteiger partial charge >= 0.3 is 0 Å². The summed E-state index contributed by atoms with van der Waals surface area (Å²) in [6.45, 7) is 0.605. The Morgan fingerprint density at radius 3 is 1.42 bits per heavy atom. The van der Waals surface area contributed by atoms with Gasteiger partial charge in [-0.05, 0) is 69.6 Å². The van der Waals surface area contributed by atoms with Gasteiger partial charge in [0.1, 0.15) is 0 Å². The quantitative estimate of drug-likeness (QED) is 0.628. The lowest BCUT2D eigenvalue weighted by Gasteiger charge is -2.24. The lowest BCUT2D eigenvalue weighted by atomic mass is 9.86. The second kappa shape index (κ2) is 9.70. The van der Waals surface area contributed by atoms with Crippen molar-refractivity contribution >= 4 is 0 Å². The first-order valence-electron chi connectivity index (χ1n) is 7.73. The lowest BCUT2D eigenvalue weighted by Crippen LogP contribution is -2.20. The first-order valence-corrected chi connectivity index (χ1v) is 7.73. The average Bonchev–Trinajstić information content (AvgIpc) is 2.43. The van der Waals surface area contributed by atoms with E-state index >= 15 is 0 Å². The van der Waals surface area contributed by atoms with E-state index in [0.29, 0.717) is 25.0 Å². The Labute approximate surface area is 116 Å². The van der Waals surface area contributed by atoms with Crippen molar-refractivity contribution in [3.8, 4) is 0 Å². The first-order chi connectivity index (χ1) is 9.15. The van der Waals surface area contributed by atoms with Crippen LogP contribution >= 0.6 is 0 Å². The van der Waals surface area contributed by atoms with Crippen LogP contribution in [0.15, 0.2) is 0 Å². The van der Waals surface area contributed by atoms with Crippen molar-refractivity contribution in [2.45, 2.75) is 70.0 Å². The third kappa shape index (κ3) is 7.25. The van der Waals surface area contributed by atoms with Crippen molar-refractivity contribution in [2.24, 2.45) is 11.8 Å². The maximum Gasteiger partial charge on any atom is 0.0540 e. The summed E-state index contributed by atoms with van der Waals surface area (Å²) in [6, 6.07) is 0. The van der Waals surface area contributed by atoms with Gasteiger partial charge in [-0.1, -0.05) is 0 Å². The van der Waals surface area contributed by atoms with E-state index in [0.717, 1.165) is 57.8 Å². The predicted molar refractivity (Wildman–Crippen MR) is 74.7 cm³/mol. The van der Waals surface area contributed by atoms with Crippen LogP contribution in [0.1, 0.15) is 57.8 Å². The van der Waals surface area contributed by atoms with Crippen molar-refractivity contribution < 1.29 is 20.4 Å². The summed E-state index contributed by atoms with van der Waals surface area (Å²) in [4.78, 5) is 0. The molecule has 0 aromatic heterocycles. The van der Waals surface area contributed by atoms with Crippen LogP contribution in [0.25, 0.3) is 0 Å². The molecule has 0 aliphatic heterocycles. The highest BCUT2D eigenvalue weighted by atomic mass is 16.3. The topological polar surface area (TPSA) is 80.9 Å². The van der Waals surface area contributed by atoms with E-state index in [9.17, 15) is 0 Å². The second-order valence-electron chi connectivity index (χ2n) is 6.04. The van der Waals surface area contributed by atoms with E-state index in [-0.39, 0.29) is 12.2 Å². The predicted octanol–water partition coefficient (Wildman–Crippen LogP) is 1.45. The molecule has 0 aromatic carbocycles. The zero-order valence-electron chi connectivity index (χ0n) is 11.9. The fourth-order valence-corrected chi connectivity index (χ4v) is 2.94. The number of aliphatic hydroxyl groups is 4. The molecule has 114 valence electrons. The summed E-state index contributed by atoms with van der Waals surface area (Å²) in [5, 5.41) is 35.5. The van der Waals surface area contributed by atoms with E-state index in [4.69, 9.17) is 20.4 Å². The highest BCUT2D eigenvalue weighted by Gasteiger charge is 2.18. The molecule has 0 unspecified atom stereocenters. The highest BCUT2D eigenvalue weighted by molar-refractivity contribution is 4.71. The summed E-state index contributed by atoms with van der Waals surface area (Å²) < 4.78 is 0. The Morgan fingerprint density at radius 2 is 1.05 bits per heavy atom. The molecule has 4 nitrogen and oxygen atoms in total. The zero-order valence-corrected chi connectivity index (χ0v) is 11.9. The number of aliphatic hydroxyl groups excluding tert-OH is 4. The van der Waals surface area contributed by atoms with Crippen LogP contribution in [0.3, 0.4) is 0 Å². The molecule has 4 N–H and O–H groups in total. The summed E-state index contributed by atoms with van der Waals surface area (Å²) in [5.41, 5.74) is 0. The molecule has 0 aromatic rings. The highest BCUT2D eigenvalue weighted by Crippen LogP contribution is 2.26. The second-order valence-corrected chi connectivity index (χ2v) is 6.04. The van der Waals surface area contributed by atoms with Gasteiger partial charge in [0.25, 0.3) is 0 Å². The van der Waals surface area contributed by atoms with Crippen LogP contribution in [-0.2, 0) is 0 Å². The molecule has 2 rings (SSSR count). The van der Waals surface area contributed by atoms with Crippen LogP contribution in [0.4, 0.5) is 0 Å². The molecule has 0 atom stereocenters. The van der Waals surface area contributed by atoms with Gasteiger partial charge in [0.2, 0.25) is 0 Å². The molecule has 0 bridgehead atoms. The van der Waals surface area contributed by atoms with Gasteiger partial charge in [0.05, 0.1) is 12.2 Å². The van der Waals surface area contributed by atoms with Crippen molar-refractivity contribution in [3.05, 3.63) is 0 Å². The number of hydrogen-bond donors (Lipinski definition) is 4. The fourth-order valence-electron chi connectivity index (χ4n) is 2.94. The van der Waals surface area contributed by atoms with Gasteiger partial charge in [0, 0.05) is 13.2 Å². The van der Waals surface area contributed by atoms with Crippen LogP contribution in [0.5, 0.6) is 0 Å². The molecule has 0 saturated heterocycles. The third-order valence-electron chi connectivity index (χ3n) is 4.43. The van der Waals surface area contributed by atoms with Crippen LogP contribution in [0.2, 0.25) is 0 Å². The molecule has 0 heterocycles. The molecule has 0 radical (unpaired) electrons. The van der Waals surface area contributed by atoms with E-state index in [1.54, 1.807) is 0 Å². The van der Waals surface area contributed by atoms with Gasteiger partial charge in [0.15, 0.2) is 0 Å². The summed E-state index contributed by atoms with van der Waals surface area (Å²) in [5.74, 6) is 1.14. The summed E-state index contributed by atoms with van der Waals surface area (Å²) in [7, 11) is 0. The zero-order chi connectivity index (χ0) is 14.1. The standard InChI is InChI=1S/C8H16O2.C7H14O2/c9-6-5-7-1-3-8(10)4-2-7;8-5-6-1-3-7(9)4-2-6/h7-10H,1-6H2;6-9H,1-5H2. The van der Waals surface area contributed by atoms with E-state index < -0.39 is 0 Å². The molecule has 2 saturated carbocycles. The third-order valence-corrected chi connectivity index (χ3v) is 4.43. The van der Waals surface area contributed by atoms with Crippen LogP contribution < -0.4 is 0 Å². The van der Waals surface area contributed by atoms with Gasteiger partial charge in [-0.15, -0.1) is 0 Å². The summed E-state index contributed by atoms with van der Waals surface area (Å²) >= 11 is 0. The molecule has 0 spiro atoms. The van der Waals surface area contributed by atoms with Crippen molar-refractivity contribution in [2.75, 3.05) is 13.2 Å². The van der Waals surface area contributed by atoms with Crippen LogP contribution in [-0.4, -0.2) is 45.8 Å². The lowest BCUT2D eigenvalue weighted by molar-refractivity contribution is 0.0871. The maximum atomic E-state index is 9.13. The van der Waals surface area contributed by atoms with E-state index in [2.05, 4.69) is 0 Å². The Kier molecular flexibility index (Phi) is 8.62. The van der Waals surface area contributed by atoms with Gasteiger partial charge in [-0.25, -0.2) is 0 Å². The minimum absolute atomic E-state index is 0.0602. The largest absolute Gasteiger partial charge is 0.396 e. The molecule has 2 aliphatic carbocycles. The van der Waals surface area contributed by atoms with Crippen molar-refractivity contribution in [1.29, 1.82) is 0 Å². The monoisotopic (exact) mass is 274 g/mol. The van der Waals surface area contributed by atoms with Crippen LogP contribution in [0, 0.1) is 11.8 Å². The molecular formula is C15H30O4. The van der Waals surface area contributed by atoms with Crippen molar-refractivity contribution in [3.63, 3.8) is 0 Å². The Hall–Kier alpha value is -0.160. The van der Waals surface area contributed by atoms with E-state index in [1.807, 2.05) is 0 Å². The molecular weight excluding hydrogens is 244 g/mol. The Bertz CT molecular complexity index is 206. The minimum Gasteiger partial charge on any atom is -0.396 e. The SMILES string of the molecule is OCC1CCC(O)CC1.OCCC1CCC(O)CC1. The number of hydrogen-bond acceptors (Lipinski definition) is 4. The smallest absolute Gasteiger partial charge is 0.0540 e. The van der Waals surface area contributed by atoms with Gasteiger partial charge in [-0.3, -0.25) is 0 Å². The number of rotatable bonds is 3. The fraction of sp³-hybridized carbons (Fsp3) is 1.00. The van der Waals surface area contributed by atoms with E-state index in [1.165, 1.54) is 0 Å². The summed E-state index contributed by atoms with van der Waals surface area (Å²) in [6.07, 6.45) is 8.60. The molecule has 19 heavy (non-hydrogen) atoms. The molecule has 2 fully saturated rings. The average molecular weight is 274 g/mol. The molecule has 2 aliphatic rings. The van der Waals surface area contributed by atoms with Crippen molar-refractivity contribution in [1.82, 2.24) is 0 Å². The Morgan fingerprint density at radius 1 is 0.632 bits per heavy atom. The van der Waals surface area contributed by atoms with Gasteiger partial charge in [-0.2, -0.15) is 0 Å². The maximum absolute atomic E-state index is 9.13. The molecule has 0 amide bonds. The normalized spacial score (nSPS) is 35.4. The minimum atomic E-state index is -0.0900.